The molecule has 3 heterocycles. The van der Waals surface area contributed by atoms with Gasteiger partial charge in [0, 0.05) is 47.8 Å². The maximum Gasteiger partial charge on any atom is 0.201 e. The maximum absolute atomic E-state index is 5.63. The van der Waals surface area contributed by atoms with Crippen LogP contribution in [0.5, 0.6) is 0 Å². The van der Waals surface area contributed by atoms with E-state index in [0.717, 1.165) is 22.9 Å². The quantitative estimate of drug-likeness (QED) is 0.193. The summed E-state index contributed by atoms with van der Waals surface area (Å²) in [6.07, 6.45) is 12.3. The molecule has 6 aromatic carbocycles. The van der Waals surface area contributed by atoms with E-state index in [1.807, 2.05) is 11.3 Å². The largest absolute Gasteiger partial charge is 0.346 e. The first-order valence-electron chi connectivity index (χ1n) is 20.1. The molecule has 5 unspecified atom stereocenters. The first kappa shape index (κ1) is 31.6. The minimum atomic E-state index is -0.319. The molecule has 1 N–H and O–H groups in total. The van der Waals surface area contributed by atoms with Crippen LogP contribution in [0.2, 0.25) is 0 Å². The number of benzene rings is 6. The molecule has 2 aromatic heterocycles. The molecule has 55 heavy (non-hydrogen) atoms. The highest BCUT2D eigenvalue weighted by Gasteiger charge is 2.43. The number of aromatic nitrogens is 1. The van der Waals surface area contributed by atoms with Gasteiger partial charge in [0.15, 0.2) is 0 Å². The second-order valence-electron chi connectivity index (χ2n) is 16.2. The van der Waals surface area contributed by atoms with Gasteiger partial charge in [-0.2, -0.15) is 0 Å². The van der Waals surface area contributed by atoms with Crippen LogP contribution in [0.4, 0.5) is 5.69 Å². The minimum absolute atomic E-state index is 0.319. The molecule has 1 saturated carbocycles. The molecule has 1 fully saturated rings. The fraction of sp³-hybridized carbons (Fsp3) is 0.196. The van der Waals surface area contributed by atoms with Gasteiger partial charge in [0.1, 0.15) is 0 Å². The lowest BCUT2D eigenvalue weighted by Gasteiger charge is -2.47. The number of allylic oxidation sites excluding steroid dienone is 4. The molecule has 0 amide bonds. The summed E-state index contributed by atoms with van der Waals surface area (Å²) < 4.78 is 5.01. The highest BCUT2D eigenvalue weighted by atomic mass is 32.1. The van der Waals surface area contributed by atoms with Crippen molar-refractivity contribution in [3.8, 4) is 11.1 Å². The summed E-state index contributed by atoms with van der Waals surface area (Å²) >= 11 is 1.87. The van der Waals surface area contributed by atoms with Crippen molar-refractivity contribution in [2.24, 2.45) is 22.7 Å². The number of para-hydroxylation sites is 2. The molecule has 3 aliphatic carbocycles. The monoisotopic (exact) mass is 727 g/mol. The third-order valence-corrected chi connectivity index (χ3v) is 14.5. The summed E-state index contributed by atoms with van der Waals surface area (Å²) in [5.74, 6) is 2.66. The first-order valence-corrected chi connectivity index (χ1v) is 20.9. The van der Waals surface area contributed by atoms with Gasteiger partial charge in [0.25, 0.3) is 0 Å². The third kappa shape index (κ3) is 4.71. The van der Waals surface area contributed by atoms with Crippen LogP contribution in [-0.4, -0.2) is 10.3 Å². The Balaban J connectivity index is 1.01. The van der Waals surface area contributed by atoms with Gasteiger partial charge >= 0.3 is 0 Å². The second-order valence-corrected chi connectivity index (χ2v) is 17.2. The Morgan fingerprint density at radius 2 is 1.44 bits per heavy atom. The lowest BCUT2D eigenvalue weighted by atomic mass is 9.57. The van der Waals surface area contributed by atoms with Gasteiger partial charge in [0.2, 0.25) is 6.29 Å². The predicted octanol–water partition coefficient (Wildman–Crippen LogP) is 13.7. The van der Waals surface area contributed by atoms with Gasteiger partial charge in [-0.05, 0) is 101 Å². The van der Waals surface area contributed by atoms with Crippen molar-refractivity contribution in [3.63, 3.8) is 0 Å². The lowest BCUT2D eigenvalue weighted by Crippen LogP contribution is -2.35. The smallest absolute Gasteiger partial charge is 0.201 e. The number of fused-ring (bicyclic) bond motifs is 13. The lowest BCUT2D eigenvalue weighted by molar-refractivity contribution is 0.213. The Morgan fingerprint density at radius 3 is 2.40 bits per heavy atom. The van der Waals surface area contributed by atoms with E-state index in [-0.39, 0.29) is 6.29 Å². The molecule has 5 atom stereocenters. The van der Waals surface area contributed by atoms with Crippen molar-refractivity contribution in [2.75, 3.05) is 5.32 Å². The first-order chi connectivity index (χ1) is 27.2. The van der Waals surface area contributed by atoms with E-state index < -0.39 is 0 Å². The van der Waals surface area contributed by atoms with Crippen LogP contribution in [0, 0.1) is 17.8 Å². The Bertz CT molecular complexity index is 2970. The molecular formula is C51H41N3S. The van der Waals surface area contributed by atoms with E-state index in [9.17, 15) is 0 Å². The normalized spacial score (nSPS) is 22.8. The van der Waals surface area contributed by atoms with Crippen molar-refractivity contribution < 1.29 is 0 Å². The molecule has 3 nitrogen and oxygen atoms in total. The van der Waals surface area contributed by atoms with Gasteiger partial charge in [-0.1, -0.05) is 129 Å². The van der Waals surface area contributed by atoms with E-state index in [2.05, 4.69) is 162 Å². The zero-order chi connectivity index (χ0) is 36.2. The number of hydrogen-bond donors (Lipinski definition) is 1. The van der Waals surface area contributed by atoms with Gasteiger partial charge < -0.3 is 9.88 Å². The Morgan fingerprint density at radius 1 is 0.673 bits per heavy atom. The summed E-state index contributed by atoms with van der Waals surface area (Å²) in [5, 5.41) is 8.96. The summed E-state index contributed by atoms with van der Waals surface area (Å²) in [4.78, 5) is 5.63. The average Bonchev–Trinajstić information content (AvgIpc) is 3.79. The number of anilines is 1. The minimum Gasteiger partial charge on any atom is -0.346 e. The van der Waals surface area contributed by atoms with Crippen LogP contribution in [-0.2, 0) is 0 Å². The molecule has 266 valence electrons. The van der Waals surface area contributed by atoms with E-state index in [1.165, 1.54) is 89.9 Å². The van der Waals surface area contributed by atoms with E-state index in [4.69, 9.17) is 4.99 Å². The zero-order valence-corrected chi connectivity index (χ0v) is 31.7. The van der Waals surface area contributed by atoms with E-state index in [0.29, 0.717) is 17.8 Å². The van der Waals surface area contributed by atoms with E-state index in [1.54, 1.807) is 11.1 Å². The highest BCUT2D eigenvalue weighted by Crippen LogP contribution is 2.56. The Labute approximate surface area is 325 Å². The molecule has 0 spiro atoms. The topological polar surface area (TPSA) is 29.3 Å². The van der Waals surface area contributed by atoms with Crippen LogP contribution >= 0.6 is 11.3 Å². The number of aliphatic imine (C=N–C) groups is 1. The van der Waals surface area contributed by atoms with Crippen LogP contribution in [0.1, 0.15) is 67.1 Å². The van der Waals surface area contributed by atoms with Crippen molar-refractivity contribution in [2.45, 2.75) is 44.8 Å². The molecular weight excluding hydrogens is 687 g/mol. The Kier molecular flexibility index (Phi) is 6.98. The van der Waals surface area contributed by atoms with Gasteiger partial charge in [0.05, 0.1) is 16.7 Å². The van der Waals surface area contributed by atoms with Crippen molar-refractivity contribution in [1.29, 1.82) is 0 Å². The second kappa shape index (κ2) is 12.1. The van der Waals surface area contributed by atoms with E-state index >= 15 is 0 Å². The summed E-state index contributed by atoms with van der Waals surface area (Å²) in [5.41, 5.74) is 14.0. The molecule has 0 radical (unpaired) electrons. The van der Waals surface area contributed by atoms with Crippen LogP contribution in [0.15, 0.2) is 151 Å². The highest BCUT2D eigenvalue weighted by molar-refractivity contribution is 7.26. The molecule has 8 aromatic rings. The van der Waals surface area contributed by atoms with Crippen molar-refractivity contribution >= 4 is 70.3 Å². The van der Waals surface area contributed by atoms with Crippen LogP contribution < -0.4 is 5.32 Å². The maximum atomic E-state index is 5.63. The van der Waals surface area contributed by atoms with Gasteiger partial charge in [-0.15, -0.1) is 11.3 Å². The predicted molar refractivity (Wildman–Crippen MR) is 233 cm³/mol. The molecule has 0 saturated heterocycles. The summed E-state index contributed by atoms with van der Waals surface area (Å²) in [6, 6.07) is 47.5. The molecule has 1 aliphatic heterocycles. The Hall–Kier alpha value is -5.71. The SMILES string of the molecule is CC1C=CC=C2c3cc(-c4ccc5c(c4)c4ccccc4n5C4N=C(c5cccc6c5sc5ccccc56)c5ccccc5N4)ccc3C3CCCCC3C21. The number of thiophene rings is 1. The molecule has 4 heteroatoms. The molecule has 12 rings (SSSR count). The zero-order valence-electron chi connectivity index (χ0n) is 30.9. The van der Waals surface area contributed by atoms with Gasteiger partial charge in [-0.25, -0.2) is 4.99 Å². The number of rotatable bonds is 3. The number of hydrogen-bond acceptors (Lipinski definition) is 3. The fourth-order valence-electron chi connectivity index (χ4n) is 10.9. The number of nitrogens with one attached hydrogen (secondary N) is 1. The number of nitrogens with zero attached hydrogens (tertiary/aromatic N) is 2. The van der Waals surface area contributed by atoms with Gasteiger partial charge in [-0.3, -0.25) is 0 Å². The summed E-state index contributed by atoms with van der Waals surface area (Å²) in [6.45, 7) is 2.44. The van der Waals surface area contributed by atoms with Crippen LogP contribution in [0.3, 0.4) is 0 Å². The average molecular weight is 728 g/mol. The van der Waals surface area contributed by atoms with Crippen molar-refractivity contribution in [3.05, 3.63) is 168 Å². The van der Waals surface area contributed by atoms with Crippen LogP contribution in [0.25, 0.3) is 58.7 Å². The standard InChI is InChI=1S/C51H41N3S/c1-30-12-10-18-38-42-28-31(24-26-34(42)33-13-2-3-16-37(33)48(30)38)32-25-27-46-43(29-32)35-14-5-8-22-45(35)54(46)51-52-44-21-7-4-17-40(44)49(53-51)41-20-11-19-39-36-15-6-9-23-47(36)55-50(39)41/h4-12,14-15,17-30,33,37,48,51-52H,2-3,13,16H2,1H3. The third-order valence-electron chi connectivity index (χ3n) is 13.3. The summed E-state index contributed by atoms with van der Waals surface area (Å²) in [7, 11) is 0. The molecule has 0 bridgehead atoms. The molecule has 4 aliphatic rings. The van der Waals surface area contributed by atoms with Crippen molar-refractivity contribution in [1.82, 2.24) is 4.57 Å². The fourth-order valence-corrected chi connectivity index (χ4v) is 12.1.